The van der Waals surface area contributed by atoms with E-state index in [-0.39, 0.29) is 10.8 Å². The van der Waals surface area contributed by atoms with Crippen LogP contribution < -0.4 is 14.7 Å². The minimum atomic E-state index is -0.182. The summed E-state index contributed by atoms with van der Waals surface area (Å²) in [4.78, 5) is 7.18. The van der Waals surface area contributed by atoms with Gasteiger partial charge in [0.2, 0.25) is 0 Å². The summed E-state index contributed by atoms with van der Waals surface area (Å²) in [5, 5.41) is 0. The maximum Gasteiger partial charge on any atom is 0.0503 e. The van der Waals surface area contributed by atoms with E-state index < -0.39 is 0 Å². The zero-order chi connectivity index (χ0) is 54.0. The highest BCUT2D eigenvalue weighted by Crippen LogP contribution is 2.53. The minimum absolute atomic E-state index is 0.182. The van der Waals surface area contributed by atoms with Crippen LogP contribution in [0.3, 0.4) is 0 Å². The lowest BCUT2D eigenvalue weighted by Crippen LogP contribution is -2.18. The summed E-state index contributed by atoms with van der Waals surface area (Å²) in [5.74, 6) is 0. The maximum absolute atomic E-state index is 2.46. The highest BCUT2D eigenvalue weighted by atomic mass is 15.2. The van der Waals surface area contributed by atoms with Crippen molar-refractivity contribution < 1.29 is 0 Å². The van der Waals surface area contributed by atoms with Crippen molar-refractivity contribution in [3.05, 3.63) is 316 Å². The molecule has 0 radical (unpaired) electrons. The molecular formula is C77H61N3. The molecule has 0 atom stereocenters. The molecule has 0 fully saturated rings. The SMILES string of the molecule is CC1(C)c2cc(/C=C/c3ccc4c(c3)N(c3ccccc3)c3cc(/C=C/c5ccc6c(c5)C(C)(C)c5cc(N(c7ccccc7)c7ccccc7)ccc5-6)ccc3C4)ccc2-c2ccc(N(c3ccccc3)c3ccccc3)cc21. The number of hydrogen-bond acceptors (Lipinski definition) is 3. The van der Waals surface area contributed by atoms with Gasteiger partial charge in [0.05, 0.1) is 11.4 Å². The molecule has 1 heterocycles. The predicted octanol–water partition coefficient (Wildman–Crippen LogP) is 21.0. The fraction of sp³-hybridized carbons (Fsp3) is 0.0909. The van der Waals surface area contributed by atoms with E-state index in [1.807, 2.05) is 0 Å². The summed E-state index contributed by atoms with van der Waals surface area (Å²) < 4.78 is 0. The first-order valence-electron chi connectivity index (χ1n) is 28.0. The van der Waals surface area contributed by atoms with E-state index in [1.165, 1.54) is 89.3 Å². The fourth-order valence-corrected chi connectivity index (χ4v) is 12.8. The number of para-hydroxylation sites is 5. The monoisotopic (exact) mass is 1030 g/mol. The van der Waals surface area contributed by atoms with Crippen molar-refractivity contribution in [3.8, 4) is 22.3 Å². The van der Waals surface area contributed by atoms with Crippen LogP contribution in [0.2, 0.25) is 0 Å². The molecule has 2 aliphatic carbocycles. The highest BCUT2D eigenvalue weighted by Gasteiger charge is 2.38. The summed E-state index contributed by atoms with van der Waals surface area (Å²) in [5.41, 5.74) is 28.1. The second-order valence-corrected chi connectivity index (χ2v) is 22.6. The van der Waals surface area contributed by atoms with Gasteiger partial charge in [0.25, 0.3) is 0 Å². The molecule has 0 spiro atoms. The van der Waals surface area contributed by atoms with Gasteiger partial charge in [0, 0.05) is 57.1 Å². The van der Waals surface area contributed by atoms with Gasteiger partial charge in [-0.1, -0.05) is 216 Å². The van der Waals surface area contributed by atoms with Crippen LogP contribution in [0, 0.1) is 0 Å². The van der Waals surface area contributed by atoms with Crippen molar-refractivity contribution in [3.63, 3.8) is 0 Å². The Morgan fingerprint density at radius 1 is 0.300 bits per heavy atom. The van der Waals surface area contributed by atoms with Gasteiger partial charge in [-0.05, 0) is 175 Å². The van der Waals surface area contributed by atoms with Crippen LogP contribution in [0.15, 0.2) is 261 Å². The number of benzene rings is 11. The smallest absolute Gasteiger partial charge is 0.0503 e. The summed E-state index contributed by atoms with van der Waals surface area (Å²) in [7, 11) is 0. The van der Waals surface area contributed by atoms with E-state index in [4.69, 9.17) is 0 Å². The van der Waals surface area contributed by atoms with Crippen LogP contribution in [0.5, 0.6) is 0 Å². The quantitative estimate of drug-likeness (QED) is 0.120. The first kappa shape index (κ1) is 48.7. The Hall–Kier alpha value is -9.70. The molecule has 11 aromatic carbocycles. The molecule has 14 rings (SSSR count). The molecule has 0 saturated carbocycles. The molecule has 0 N–H and O–H groups in total. The van der Waals surface area contributed by atoms with Crippen LogP contribution in [-0.2, 0) is 17.3 Å². The van der Waals surface area contributed by atoms with Crippen molar-refractivity contribution in [2.24, 2.45) is 0 Å². The third-order valence-corrected chi connectivity index (χ3v) is 17.0. The first-order valence-corrected chi connectivity index (χ1v) is 28.0. The largest absolute Gasteiger partial charge is 0.310 e. The molecule has 80 heavy (non-hydrogen) atoms. The molecule has 3 heteroatoms. The highest BCUT2D eigenvalue weighted by molar-refractivity contribution is 5.91. The Kier molecular flexibility index (Phi) is 11.9. The van der Waals surface area contributed by atoms with E-state index in [0.29, 0.717) is 0 Å². The Balaban J connectivity index is 0.734. The molecule has 3 nitrogen and oxygen atoms in total. The lowest BCUT2D eigenvalue weighted by Gasteiger charge is -2.34. The summed E-state index contributed by atoms with van der Waals surface area (Å²) in [6.45, 7) is 9.50. The number of nitrogens with zero attached hydrogens (tertiary/aromatic N) is 3. The zero-order valence-electron chi connectivity index (χ0n) is 45.7. The topological polar surface area (TPSA) is 9.72 Å². The van der Waals surface area contributed by atoms with Crippen molar-refractivity contribution >= 4 is 75.5 Å². The number of hydrogen-bond donors (Lipinski definition) is 0. The van der Waals surface area contributed by atoms with Gasteiger partial charge >= 0.3 is 0 Å². The number of anilines is 9. The van der Waals surface area contributed by atoms with Crippen molar-refractivity contribution in [2.75, 3.05) is 14.7 Å². The van der Waals surface area contributed by atoms with Crippen molar-refractivity contribution in [2.45, 2.75) is 44.9 Å². The third kappa shape index (κ3) is 8.54. The summed E-state index contributed by atoms with van der Waals surface area (Å²) >= 11 is 0. The van der Waals surface area contributed by atoms with E-state index in [0.717, 1.165) is 46.2 Å². The zero-order valence-corrected chi connectivity index (χ0v) is 45.7. The molecule has 0 amide bonds. The average molecular weight is 1030 g/mol. The molecule has 0 aromatic heterocycles. The van der Waals surface area contributed by atoms with Crippen molar-refractivity contribution in [1.82, 2.24) is 0 Å². The lowest BCUT2D eigenvalue weighted by atomic mass is 9.81. The molecule has 11 aromatic rings. The van der Waals surface area contributed by atoms with E-state index in [9.17, 15) is 0 Å². The minimum Gasteiger partial charge on any atom is -0.310 e. The van der Waals surface area contributed by atoms with E-state index in [1.54, 1.807) is 0 Å². The van der Waals surface area contributed by atoms with E-state index >= 15 is 0 Å². The van der Waals surface area contributed by atoms with Crippen LogP contribution >= 0.6 is 0 Å². The van der Waals surface area contributed by atoms with Gasteiger partial charge in [-0.25, -0.2) is 0 Å². The van der Waals surface area contributed by atoms with Gasteiger partial charge in [-0.15, -0.1) is 0 Å². The summed E-state index contributed by atoms with van der Waals surface area (Å²) in [6, 6.07) is 95.5. The molecular weight excluding hydrogens is 967 g/mol. The van der Waals surface area contributed by atoms with Gasteiger partial charge in [0.15, 0.2) is 0 Å². The van der Waals surface area contributed by atoms with E-state index in [2.05, 4.69) is 328 Å². The molecule has 0 unspecified atom stereocenters. The van der Waals surface area contributed by atoms with Crippen LogP contribution in [0.25, 0.3) is 46.6 Å². The Bertz CT molecular complexity index is 3860. The normalized spacial score (nSPS) is 14.0. The van der Waals surface area contributed by atoms with Crippen LogP contribution in [0.1, 0.15) is 83.3 Å². The Labute approximate surface area is 471 Å². The van der Waals surface area contributed by atoms with Gasteiger partial charge in [-0.2, -0.15) is 0 Å². The first-order chi connectivity index (χ1) is 39.2. The molecule has 0 saturated heterocycles. The lowest BCUT2D eigenvalue weighted by molar-refractivity contribution is 0.660. The fourth-order valence-electron chi connectivity index (χ4n) is 12.8. The third-order valence-electron chi connectivity index (χ3n) is 17.0. The van der Waals surface area contributed by atoms with Gasteiger partial charge in [0.1, 0.15) is 0 Å². The van der Waals surface area contributed by atoms with Crippen LogP contribution in [0.4, 0.5) is 51.2 Å². The van der Waals surface area contributed by atoms with Gasteiger partial charge in [-0.3, -0.25) is 0 Å². The molecule has 0 bridgehead atoms. The van der Waals surface area contributed by atoms with Gasteiger partial charge < -0.3 is 14.7 Å². The second-order valence-electron chi connectivity index (χ2n) is 22.6. The van der Waals surface area contributed by atoms with Crippen molar-refractivity contribution in [1.29, 1.82) is 0 Å². The molecule has 384 valence electrons. The Morgan fingerprint density at radius 3 is 0.963 bits per heavy atom. The summed E-state index contributed by atoms with van der Waals surface area (Å²) in [6.07, 6.45) is 10.0. The number of fused-ring (bicyclic) bond motifs is 8. The molecule has 1 aliphatic heterocycles. The van der Waals surface area contributed by atoms with Crippen LogP contribution in [-0.4, -0.2) is 0 Å². The second kappa shape index (κ2) is 19.6. The average Bonchev–Trinajstić information content (AvgIpc) is 3.93. The molecule has 3 aliphatic rings. The Morgan fingerprint density at radius 2 is 0.600 bits per heavy atom. The predicted molar refractivity (Wildman–Crippen MR) is 339 cm³/mol. The standard InChI is InChI=1S/C77H61N3/c1-76(2)70-46-53(36-42-66(70)68-44-40-64(51-72(68)76)78(59-20-10-5-11-21-59)60-22-12-6-13-23-60)30-32-55-34-38-57-50-58-39-35-56(49-75(58)80(74(57)48-55)63-28-18-9-19-29-63)33-31-54-37-43-67-69-45-41-65(52-73(69)77(3,4)71(67)47-54)79(61-24-14-7-15-25-61)62-26-16-8-17-27-62/h5-49,51-52H,50H2,1-4H3/b32-30+,33-31+. The number of rotatable bonds is 11. The maximum atomic E-state index is 2.46.